The molecule has 0 unspecified atom stereocenters. The molecule has 5 nitrogen and oxygen atoms in total. The van der Waals surface area contributed by atoms with E-state index < -0.39 is 0 Å². The SMILES string of the molecule is CC[C@@H](N)CNc1ccnc(-c2cc(-c3ccsc3)ccc2O)n1. The number of hydrogen-bond donors (Lipinski definition) is 3. The van der Waals surface area contributed by atoms with Crippen LogP contribution in [0.5, 0.6) is 5.75 Å². The summed E-state index contributed by atoms with van der Waals surface area (Å²) in [4.78, 5) is 8.80. The molecule has 0 aliphatic rings. The van der Waals surface area contributed by atoms with E-state index in [4.69, 9.17) is 5.73 Å². The lowest BCUT2D eigenvalue weighted by Crippen LogP contribution is -2.28. The maximum absolute atomic E-state index is 10.2. The highest BCUT2D eigenvalue weighted by Gasteiger charge is 2.11. The fourth-order valence-corrected chi connectivity index (χ4v) is 2.96. The van der Waals surface area contributed by atoms with Gasteiger partial charge in [0.15, 0.2) is 5.82 Å². The van der Waals surface area contributed by atoms with E-state index in [1.165, 1.54) is 0 Å². The summed E-state index contributed by atoms with van der Waals surface area (Å²) in [5.41, 5.74) is 8.68. The van der Waals surface area contributed by atoms with Gasteiger partial charge in [-0.15, -0.1) is 0 Å². The number of nitrogens with two attached hydrogens (primary N) is 1. The second-order valence-electron chi connectivity index (χ2n) is 5.56. The van der Waals surface area contributed by atoms with E-state index in [9.17, 15) is 5.11 Å². The molecule has 4 N–H and O–H groups in total. The van der Waals surface area contributed by atoms with Crippen LogP contribution in [-0.4, -0.2) is 27.7 Å². The van der Waals surface area contributed by atoms with Crippen LogP contribution >= 0.6 is 11.3 Å². The van der Waals surface area contributed by atoms with Crippen LogP contribution in [0.15, 0.2) is 47.3 Å². The van der Waals surface area contributed by atoms with Crippen molar-refractivity contribution in [3.63, 3.8) is 0 Å². The van der Waals surface area contributed by atoms with E-state index in [0.717, 1.165) is 17.5 Å². The quantitative estimate of drug-likeness (QED) is 0.637. The van der Waals surface area contributed by atoms with Crippen molar-refractivity contribution in [1.82, 2.24) is 9.97 Å². The first-order valence-electron chi connectivity index (χ1n) is 7.86. The zero-order valence-corrected chi connectivity index (χ0v) is 14.3. The number of aromatic nitrogens is 2. The van der Waals surface area contributed by atoms with Crippen molar-refractivity contribution in [1.29, 1.82) is 0 Å². The standard InChI is InChI=1S/C18H20N4OS/c1-2-14(19)10-21-17-5-7-20-18(22-17)15-9-12(3-4-16(15)23)13-6-8-24-11-13/h3-9,11,14,23H,2,10,19H2,1H3,(H,20,21,22)/t14-/m1/s1. The van der Waals surface area contributed by atoms with Crippen molar-refractivity contribution in [3.05, 3.63) is 47.3 Å². The molecule has 1 atom stereocenters. The Labute approximate surface area is 145 Å². The second-order valence-corrected chi connectivity index (χ2v) is 6.34. The lowest BCUT2D eigenvalue weighted by atomic mass is 10.0. The van der Waals surface area contributed by atoms with Gasteiger partial charge in [-0.3, -0.25) is 0 Å². The van der Waals surface area contributed by atoms with Crippen molar-refractivity contribution in [2.75, 3.05) is 11.9 Å². The number of rotatable bonds is 6. The maximum atomic E-state index is 10.2. The summed E-state index contributed by atoms with van der Waals surface area (Å²) in [6.07, 6.45) is 2.58. The van der Waals surface area contributed by atoms with E-state index in [-0.39, 0.29) is 11.8 Å². The Hall–Kier alpha value is -2.44. The summed E-state index contributed by atoms with van der Waals surface area (Å²) >= 11 is 1.64. The van der Waals surface area contributed by atoms with E-state index in [1.807, 2.05) is 30.5 Å². The van der Waals surface area contributed by atoms with Crippen molar-refractivity contribution in [2.45, 2.75) is 19.4 Å². The number of hydrogen-bond acceptors (Lipinski definition) is 6. The molecule has 0 bridgehead atoms. The van der Waals surface area contributed by atoms with Crippen LogP contribution in [0.25, 0.3) is 22.5 Å². The molecule has 0 amide bonds. The summed E-state index contributed by atoms with van der Waals surface area (Å²) in [5.74, 6) is 1.35. The first-order chi connectivity index (χ1) is 11.7. The third kappa shape index (κ3) is 3.72. The van der Waals surface area contributed by atoms with Gasteiger partial charge in [0.05, 0.1) is 5.56 Å². The smallest absolute Gasteiger partial charge is 0.165 e. The van der Waals surface area contributed by atoms with Crippen LogP contribution < -0.4 is 11.1 Å². The number of benzene rings is 1. The summed E-state index contributed by atoms with van der Waals surface area (Å²) in [5, 5.41) is 17.5. The van der Waals surface area contributed by atoms with Gasteiger partial charge in [-0.05, 0) is 52.6 Å². The molecule has 2 aromatic heterocycles. The van der Waals surface area contributed by atoms with Crippen LogP contribution in [0.1, 0.15) is 13.3 Å². The number of nitrogens with one attached hydrogen (secondary N) is 1. The minimum absolute atomic E-state index is 0.0822. The normalized spacial score (nSPS) is 12.1. The predicted octanol–water partition coefficient (Wildman–Crippen LogP) is 3.73. The molecule has 124 valence electrons. The Morgan fingerprint density at radius 3 is 2.88 bits per heavy atom. The molecule has 0 aliphatic heterocycles. The van der Waals surface area contributed by atoms with E-state index in [2.05, 4.69) is 20.7 Å². The van der Waals surface area contributed by atoms with Gasteiger partial charge in [-0.2, -0.15) is 11.3 Å². The molecule has 24 heavy (non-hydrogen) atoms. The first-order valence-corrected chi connectivity index (χ1v) is 8.80. The van der Waals surface area contributed by atoms with Gasteiger partial charge < -0.3 is 16.2 Å². The number of nitrogens with zero attached hydrogens (tertiary/aromatic N) is 2. The van der Waals surface area contributed by atoms with Crippen LogP contribution in [0, 0.1) is 0 Å². The number of phenols is 1. The van der Waals surface area contributed by atoms with Gasteiger partial charge in [0, 0.05) is 18.8 Å². The average Bonchev–Trinajstić information content (AvgIpc) is 3.15. The molecule has 1 aromatic carbocycles. The highest BCUT2D eigenvalue weighted by Crippen LogP contribution is 2.32. The van der Waals surface area contributed by atoms with Crippen LogP contribution in [-0.2, 0) is 0 Å². The molecular formula is C18H20N4OS. The molecule has 0 saturated heterocycles. The average molecular weight is 340 g/mol. The molecular weight excluding hydrogens is 320 g/mol. The zero-order chi connectivity index (χ0) is 16.9. The highest BCUT2D eigenvalue weighted by atomic mass is 32.1. The van der Waals surface area contributed by atoms with Crippen LogP contribution in [0.4, 0.5) is 5.82 Å². The monoisotopic (exact) mass is 340 g/mol. The topological polar surface area (TPSA) is 84.1 Å². The summed E-state index contributed by atoms with van der Waals surface area (Å²) in [6.45, 7) is 2.69. The van der Waals surface area contributed by atoms with E-state index in [0.29, 0.717) is 23.8 Å². The number of phenolic OH excluding ortho intramolecular Hbond substituents is 1. The molecule has 6 heteroatoms. The lowest BCUT2D eigenvalue weighted by Gasteiger charge is -2.12. The Balaban J connectivity index is 1.90. The summed E-state index contributed by atoms with van der Waals surface area (Å²) < 4.78 is 0. The molecule has 0 aliphatic carbocycles. The largest absolute Gasteiger partial charge is 0.507 e. The Morgan fingerprint density at radius 2 is 2.12 bits per heavy atom. The summed E-state index contributed by atoms with van der Waals surface area (Å²) in [6, 6.07) is 9.41. The van der Waals surface area contributed by atoms with Crippen LogP contribution in [0.3, 0.4) is 0 Å². The van der Waals surface area contributed by atoms with Gasteiger partial charge in [-0.1, -0.05) is 13.0 Å². The number of thiophene rings is 1. The molecule has 0 fully saturated rings. The first kappa shape index (κ1) is 16.4. The Kier molecular flexibility index (Phi) is 5.08. The van der Waals surface area contributed by atoms with Gasteiger partial charge in [-0.25, -0.2) is 9.97 Å². The van der Waals surface area contributed by atoms with Gasteiger partial charge in [0.1, 0.15) is 11.6 Å². The third-order valence-corrected chi connectivity index (χ3v) is 4.50. The lowest BCUT2D eigenvalue weighted by molar-refractivity contribution is 0.477. The fraction of sp³-hybridized carbons (Fsp3) is 0.222. The van der Waals surface area contributed by atoms with Gasteiger partial charge >= 0.3 is 0 Å². The van der Waals surface area contributed by atoms with E-state index >= 15 is 0 Å². The minimum Gasteiger partial charge on any atom is -0.507 e. The fourth-order valence-electron chi connectivity index (χ4n) is 2.29. The van der Waals surface area contributed by atoms with Gasteiger partial charge in [0.2, 0.25) is 0 Å². The Morgan fingerprint density at radius 1 is 1.25 bits per heavy atom. The molecule has 2 heterocycles. The van der Waals surface area contributed by atoms with Crippen molar-refractivity contribution < 1.29 is 5.11 Å². The number of aromatic hydroxyl groups is 1. The predicted molar refractivity (Wildman–Crippen MR) is 99.2 cm³/mol. The molecule has 0 spiro atoms. The third-order valence-electron chi connectivity index (χ3n) is 3.82. The maximum Gasteiger partial charge on any atom is 0.165 e. The summed E-state index contributed by atoms with van der Waals surface area (Å²) in [7, 11) is 0. The second kappa shape index (κ2) is 7.42. The molecule has 3 rings (SSSR count). The van der Waals surface area contributed by atoms with Crippen molar-refractivity contribution in [3.8, 4) is 28.3 Å². The zero-order valence-electron chi connectivity index (χ0n) is 13.4. The van der Waals surface area contributed by atoms with Crippen molar-refractivity contribution in [2.24, 2.45) is 5.73 Å². The minimum atomic E-state index is 0.0822. The van der Waals surface area contributed by atoms with E-state index in [1.54, 1.807) is 29.7 Å². The molecule has 0 radical (unpaired) electrons. The number of anilines is 1. The molecule has 3 aromatic rings. The van der Waals surface area contributed by atoms with Gasteiger partial charge in [0.25, 0.3) is 0 Å². The van der Waals surface area contributed by atoms with Crippen LogP contribution in [0.2, 0.25) is 0 Å². The molecule has 0 saturated carbocycles. The highest BCUT2D eigenvalue weighted by molar-refractivity contribution is 7.08. The Bertz CT molecular complexity index is 805. The van der Waals surface area contributed by atoms with Crippen molar-refractivity contribution >= 4 is 17.2 Å².